The molecule has 0 bridgehead atoms. The van der Waals surface area contributed by atoms with Gasteiger partial charge in [0.1, 0.15) is 11.7 Å². The van der Waals surface area contributed by atoms with Crippen LogP contribution in [0.15, 0.2) is 18.2 Å². The summed E-state index contributed by atoms with van der Waals surface area (Å²) < 4.78 is 5.49. The fraction of sp³-hybridized carbons (Fsp3) is 0.421. The number of pyridine rings is 1. The van der Waals surface area contributed by atoms with Crippen LogP contribution in [0.5, 0.6) is 0 Å². The van der Waals surface area contributed by atoms with Crippen LogP contribution in [0.25, 0.3) is 10.9 Å². The van der Waals surface area contributed by atoms with E-state index in [2.05, 4.69) is 11.1 Å². The van der Waals surface area contributed by atoms with Crippen LogP contribution in [0.3, 0.4) is 0 Å². The summed E-state index contributed by atoms with van der Waals surface area (Å²) in [6, 6.07) is 6.29. The molecule has 0 aliphatic carbocycles. The zero-order valence-electron chi connectivity index (χ0n) is 15.5. The fourth-order valence-electron chi connectivity index (χ4n) is 2.91. The smallest absolute Gasteiger partial charge is 0.314 e. The lowest BCUT2D eigenvalue weighted by atomic mass is 9.89. The Hall–Kier alpha value is -3.01. The number of nitro groups is 1. The van der Waals surface area contributed by atoms with Crippen molar-refractivity contribution >= 4 is 22.6 Å². The molecule has 0 saturated carbocycles. The van der Waals surface area contributed by atoms with E-state index in [4.69, 9.17) is 4.74 Å². The molecule has 1 aromatic carbocycles. The van der Waals surface area contributed by atoms with Crippen LogP contribution in [-0.2, 0) is 9.53 Å². The quantitative estimate of drug-likeness (QED) is 0.463. The van der Waals surface area contributed by atoms with Gasteiger partial charge in [-0.15, -0.1) is 0 Å². The van der Waals surface area contributed by atoms with Crippen LogP contribution in [-0.4, -0.2) is 21.5 Å². The van der Waals surface area contributed by atoms with Gasteiger partial charge in [0.05, 0.1) is 21.9 Å². The molecule has 2 rings (SSSR count). The van der Waals surface area contributed by atoms with Crippen molar-refractivity contribution in [3.05, 3.63) is 45.1 Å². The molecule has 0 spiro atoms. The van der Waals surface area contributed by atoms with E-state index in [1.165, 1.54) is 18.2 Å². The normalized spacial score (nSPS) is 12.5. The van der Waals surface area contributed by atoms with E-state index < -0.39 is 22.4 Å². The zero-order valence-corrected chi connectivity index (χ0v) is 15.5. The Morgan fingerprint density at radius 2 is 2.08 bits per heavy atom. The number of nitro benzene ring substituents is 1. The van der Waals surface area contributed by atoms with Gasteiger partial charge in [-0.1, -0.05) is 6.92 Å². The minimum atomic E-state index is -0.667. The number of ether oxygens (including phenoxy) is 1. The second-order valence-electron chi connectivity index (χ2n) is 7.05. The number of aryl methyl sites for hydroxylation is 1. The summed E-state index contributed by atoms with van der Waals surface area (Å²) in [4.78, 5) is 27.7. The summed E-state index contributed by atoms with van der Waals surface area (Å²) in [5.41, 5.74) is 0.934. The van der Waals surface area contributed by atoms with Crippen LogP contribution < -0.4 is 0 Å². The molecule has 0 N–H and O–H groups in total. The Balaban J connectivity index is 2.72. The lowest BCUT2D eigenvalue weighted by molar-refractivity contribution is -0.384. The molecule has 1 heterocycles. The van der Waals surface area contributed by atoms with Crippen molar-refractivity contribution < 1.29 is 14.5 Å². The summed E-state index contributed by atoms with van der Waals surface area (Å²) in [6.45, 7) is 8.88. The Bertz CT molecular complexity index is 923. The maximum atomic E-state index is 12.7. The van der Waals surface area contributed by atoms with Gasteiger partial charge in [-0.3, -0.25) is 19.9 Å². The molecule has 26 heavy (non-hydrogen) atoms. The molecule has 1 aromatic heterocycles. The van der Waals surface area contributed by atoms with Crippen LogP contribution >= 0.6 is 0 Å². The van der Waals surface area contributed by atoms with Gasteiger partial charge in [-0.25, -0.2) is 0 Å². The first-order chi connectivity index (χ1) is 12.1. The lowest BCUT2D eigenvalue weighted by Crippen LogP contribution is -2.28. The first kappa shape index (κ1) is 19.3. The monoisotopic (exact) mass is 355 g/mol. The van der Waals surface area contributed by atoms with Crippen molar-refractivity contribution in [2.24, 2.45) is 0 Å². The number of aromatic nitrogens is 1. The second kappa shape index (κ2) is 7.08. The summed E-state index contributed by atoms with van der Waals surface area (Å²) in [5.74, 6) is -1.11. The number of carbonyl (C=O) groups is 1. The Labute approximate surface area is 151 Å². The lowest BCUT2D eigenvalue weighted by Gasteiger charge is -2.25. The molecule has 0 aliphatic heterocycles. The molecule has 0 radical (unpaired) electrons. The predicted molar refractivity (Wildman–Crippen MR) is 96.7 cm³/mol. The van der Waals surface area contributed by atoms with Crippen LogP contribution in [0.2, 0.25) is 0 Å². The Morgan fingerprint density at radius 1 is 1.42 bits per heavy atom. The van der Waals surface area contributed by atoms with Gasteiger partial charge >= 0.3 is 5.97 Å². The van der Waals surface area contributed by atoms with E-state index >= 15 is 0 Å². The molecule has 0 aliphatic rings. The molecule has 136 valence electrons. The minimum Gasteiger partial charge on any atom is -0.459 e. The molecule has 0 amide bonds. The number of benzene rings is 1. The maximum Gasteiger partial charge on any atom is 0.314 e. The number of rotatable bonds is 4. The van der Waals surface area contributed by atoms with Gasteiger partial charge in [0.15, 0.2) is 0 Å². The van der Waals surface area contributed by atoms with E-state index in [1.54, 1.807) is 27.7 Å². The molecule has 1 unspecified atom stereocenters. The highest BCUT2D eigenvalue weighted by molar-refractivity contribution is 5.91. The summed E-state index contributed by atoms with van der Waals surface area (Å²) in [5, 5.41) is 21.2. The third-order valence-electron chi connectivity index (χ3n) is 3.97. The molecule has 0 fully saturated rings. The van der Waals surface area contributed by atoms with Gasteiger partial charge in [-0.05, 0) is 40.2 Å². The van der Waals surface area contributed by atoms with Crippen molar-refractivity contribution in [3.8, 4) is 6.07 Å². The third kappa shape index (κ3) is 3.80. The van der Waals surface area contributed by atoms with E-state index in [9.17, 15) is 20.2 Å². The molecule has 7 nitrogen and oxygen atoms in total. The van der Waals surface area contributed by atoms with E-state index in [0.717, 1.165) is 0 Å². The Kier molecular flexibility index (Phi) is 5.26. The van der Waals surface area contributed by atoms with Gasteiger partial charge in [-0.2, -0.15) is 5.26 Å². The fourth-order valence-corrected chi connectivity index (χ4v) is 2.91. The number of hydrogen-bond donors (Lipinski definition) is 0. The topological polar surface area (TPSA) is 106 Å². The van der Waals surface area contributed by atoms with Crippen molar-refractivity contribution in [3.63, 3.8) is 0 Å². The summed E-state index contributed by atoms with van der Waals surface area (Å²) >= 11 is 0. The number of nitrogens with zero attached hydrogens (tertiary/aromatic N) is 3. The van der Waals surface area contributed by atoms with Crippen LogP contribution in [0, 0.1) is 28.4 Å². The SMILES string of the molecule is CCC(C(=O)OC(C)(C)C)c1c(C)nc2ccc([N+](=O)[O-])cc2c1C#N. The van der Waals surface area contributed by atoms with E-state index in [-0.39, 0.29) is 11.3 Å². The number of nitriles is 1. The van der Waals surface area contributed by atoms with Gasteiger partial charge in [0.25, 0.3) is 5.69 Å². The minimum absolute atomic E-state index is 0.129. The van der Waals surface area contributed by atoms with Gasteiger partial charge in [0, 0.05) is 28.8 Å². The van der Waals surface area contributed by atoms with E-state index in [0.29, 0.717) is 28.6 Å². The van der Waals surface area contributed by atoms with Crippen molar-refractivity contribution in [1.82, 2.24) is 4.98 Å². The van der Waals surface area contributed by atoms with E-state index in [1.807, 2.05) is 6.92 Å². The van der Waals surface area contributed by atoms with Gasteiger partial charge in [0.2, 0.25) is 0 Å². The number of carbonyl (C=O) groups excluding carboxylic acids is 1. The number of esters is 1. The number of hydrogen-bond acceptors (Lipinski definition) is 6. The molecule has 7 heteroatoms. The predicted octanol–water partition coefficient (Wildman–Crippen LogP) is 4.16. The largest absolute Gasteiger partial charge is 0.459 e. The second-order valence-corrected chi connectivity index (χ2v) is 7.05. The standard InChI is InChI=1S/C19H21N3O4/c1-6-13(18(23)26-19(3,4)5)17-11(2)21-16-8-7-12(22(24)25)9-14(16)15(17)10-20/h7-9,13H,6H2,1-5H3. The maximum absolute atomic E-state index is 12.7. The molecule has 0 saturated heterocycles. The molecule has 1 atom stereocenters. The Morgan fingerprint density at radius 3 is 2.58 bits per heavy atom. The van der Waals surface area contributed by atoms with Crippen molar-refractivity contribution in [2.75, 3.05) is 0 Å². The van der Waals surface area contributed by atoms with Crippen molar-refractivity contribution in [1.29, 1.82) is 5.26 Å². The van der Waals surface area contributed by atoms with Crippen molar-refractivity contribution in [2.45, 2.75) is 52.6 Å². The highest BCUT2D eigenvalue weighted by atomic mass is 16.6. The molecule has 2 aromatic rings. The average Bonchev–Trinajstić information content (AvgIpc) is 2.53. The number of non-ortho nitro benzene ring substituents is 1. The molecular formula is C19H21N3O4. The first-order valence-electron chi connectivity index (χ1n) is 8.30. The third-order valence-corrected chi connectivity index (χ3v) is 3.97. The average molecular weight is 355 g/mol. The molecular weight excluding hydrogens is 334 g/mol. The zero-order chi connectivity index (χ0) is 19.6. The number of fused-ring (bicyclic) bond motifs is 1. The summed E-state index contributed by atoms with van der Waals surface area (Å²) in [6.07, 6.45) is 0.423. The highest BCUT2D eigenvalue weighted by Crippen LogP contribution is 2.33. The highest BCUT2D eigenvalue weighted by Gasteiger charge is 2.30. The van der Waals surface area contributed by atoms with Crippen LogP contribution in [0.1, 0.15) is 56.9 Å². The summed E-state index contributed by atoms with van der Waals surface area (Å²) in [7, 11) is 0. The van der Waals surface area contributed by atoms with Gasteiger partial charge < -0.3 is 4.74 Å². The van der Waals surface area contributed by atoms with Crippen LogP contribution in [0.4, 0.5) is 5.69 Å². The first-order valence-corrected chi connectivity index (χ1v) is 8.30.